The van der Waals surface area contributed by atoms with Crippen molar-refractivity contribution in [2.45, 2.75) is 6.10 Å². The molecule has 1 atom stereocenters. The lowest BCUT2D eigenvalue weighted by molar-refractivity contribution is 0.191. The molecule has 0 aromatic heterocycles. The van der Waals surface area contributed by atoms with Gasteiger partial charge in [-0.05, 0) is 40.2 Å². The predicted octanol–water partition coefficient (Wildman–Crippen LogP) is 5.18. The lowest BCUT2D eigenvalue weighted by atomic mass is 10.1. The summed E-state index contributed by atoms with van der Waals surface area (Å²) in [5, 5.41) is 13.6. The number of hydrogen-bond acceptors (Lipinski definition) is 2. The molecule has 0 heterocycles. The van der Waals surface area contributed by atoms with Crippen LogP contribution in [0.1, 0.15) is 11.7 Å². The monoisotopic (exact) mass is 395 g/mol. The maximum absolute atomic E-state index is 13.6. The molecule has 2 aromatic carbocycles. The van der Waals surface area contributed by atoms with E-state index in [4.69, 9.17) is 23.2 Å². The molecule has 0 spiro atoms. The highest BCUT2D eigenvalue weighted by Crippen LogP contribution is 2.28. The summed E-state index contributed by atoms with van der Waals surface area (Å²) in [6.45, 7) is -0.00491. The van der Waals surface area contributed by atoms with Crippen molar-refractivity contribution >= 4 is 44.8 Å². The van der Waals surface area contributed by atoms with Gasteiger partial charge in [0.1, 0.15) is 11.6 Å². The summed E-state index contributed by atoms with van der Waals surface area (Å²) < 4.78 is 26.8. The minimum Gasteiger partial charge on any atom is -0.387 e. The van der Waals surface area contributed by atoms with Gasteiger partial charge in [-0.3, -0.25) is 0 Å². The fraction of sp³-hybridized carbons (Fsp3) is 0.143. The molecule has 0 bridgehead atoms. The first kappa shape index (κ1) is 16.5. The molecule has 2 aromatic rings. The first-order chi connectivity index (χ1) is 9.88. The molecule has 0 aliphatic carbocycles. The highest BCUT2D eigenvalue weighted by Gasteiger charge is 2.14. The molecule has 2 rings (SSSR count). The Labute approximate surface area is 138 Å². The minimum absolute atomic E-state index is 0.00491. The Balaban J connectivity index is 2.12. The number of benzene rings is 2. The summed E-state index contributed by atoms with van der Waals surface area (Å²) in [5.41, 5.74) is 0.499. The van der Waals surface area contributed by atoms with E-state index in [0.717, 1.165) is 6.07 Å². The number of anilines is 1. The van der Waals surface area contributed by atoms with Crippen LogP contribution in [0.5, 0.6) is 0 Å². The zero-order chi connectivity index (χ0) is 15.6. The van der Waals surface area contributed by atoms with Crippen LogP contribution in [0.25, 0.3) is 0 Å². The molecule has 2 N–H and O–H groups in total. The van der Waals surface area contributed by atoms with Crippen molar-refractivity contribution in [3.05, 3.63) is 62.0 Å². The van der Waals surface area contributed by atoms with Gasteiger partial charge in [0.05, 0.1) is 16.3 Å². The smallest absolute Gasteiger partial charge is 0.149 e. The largest absolute Gasteiger partial charge is 0.387 e. The lowest BCUT2D eigenvalue weighted by Crippen LogP contribution is -2.13. The quantitative estimate of drug-likeness (QED) is 0.698. The summed E-state index contributed by atoms with van der Waals surface area (Å²) >= 11 is 14.8. The van der Waals surface area contributed by atoms with Crippen LogP contribution in [0, 0.1) is 11.6 Å². The van der Waals surface area contributed by atoms with E-state index in [-0.39, 0.29) is 16.7 Å². The van der Waals surface area contributed by atoms with Crippen LogP contribution in [0.3, 0.4) is 0 Å². The summed E-state index contributed by atoms with van der Waals surface area (Å²) in [6.07, 6.45) is -0.987. The van der Waals surface area contributed by atoms with Gasteiger partial charge in [-0.1, -0.05) is 23.2 Å². The highest BCUT2D eigenvalue weighted by molar-refractivity contribution is 9.10. The third kappa shape index (κ3) is 4.07. The zero-order valence-corrected chi connectivity index (χ0v) is 13.6. The van der Waals surface area contributed by atoms with Gasteiger partial charge >= 0.3 is 0 Å². The van der Waals surface area contributed by atoms with Gasteiger partial charge in [0.25, 0.3) is 0 Å². The fourth-order valence-electron chi connectivity index (χ4n) is 1.74. The second-order valence-electron chi connectivity index (χ2n) is 4.31. The van der Waals surface area contributed by atoms with E-state index in [1.54, 1.807) is 12.1 Å². The second kappa shape index (κ2) is 6.92. The van der Waals surface area contributed by atoms with Crippen molar-refractivity contribution < 1.29 is 13.9 Å². The predicted molar refractivity (Wildman–Crippen MR) is 84.0 cm³/mol. The van der Waals surface area contributed by atoms with Gasteiger partial charge < -0.3 is 10.4 Å². The molecule has 0 saturated carbocycles. The molecule has 1 unspecified atom stereocenters. The number of aliphatic hydroxyl groups excluding tert-OH is 1. The standard InChI is InChI=1S/C14H10BrCl2F2NO/c15-9-4-13(12(19)5-11(9)18)20-6-14(21)8-3-7(16)1-2-10(8)17/h1-5,14,20-21H,6H2. The van der Waals surface area contributed by atoms with E-state index < -0.39 is 17.7 Å². The Bertz CT molecular complexity index is 670. The van der Waals surface area contributed by atoms with Crippen LogP contribution in [0.2, 0.25) is 10.0 Å². The van der Waals surface area contributed by atoms with Crippen LogP contribution in [-0.2, 0) is 0 Å². The lowest BCUT2D eigenvalue weighted by Gasteiger charge is -2.15. The van der Waals surface area contributed by atoms with Gasteiger partial charge in [-0.25, -0.2) is 8.78 Å². The Morgan fingerprint density at radius 3 is 2.57 bits per heavy atom. The Hall–Kier alpha value is -0.880. The summed E-state index contributed by atoms with van der Waals surface area (Å²) in [5.74, 6) is -1.45. The van der Waals surface area contributed by atoms with Crippen molar-refractivity contribution in [2.75, 3.05) is 11.9 Å². The third-order valence-corrected chi connectivity index (χ3v) is 4.00. The van der Waals surface area contributed by atoms with Gasteiger partial charge in [0, 0.05) is 28.2 Å². The van der Waals surface area contributed by atoms with Crippen molar-refractivity contribution in [1.82, 2.24) is 0 Å². The fourth-order valence-corrected chi connectivity index (χ4v) is 2.51. The van der Waals surface area contributed by atoms with E-state index in [1.807, 2.05) is 0 Å². The molecule has 0 amide bonds. The van der Waals surface area contributed by atoms with E-state index >= 15 is 0 Å². The molecule has 2 nitrogen and oxygen atoms in total. The maximum atomic E-state index is 13.6. The van der Waals surface area contributed by atoms with Gasteiger partial charge in [-0.2, -0.15) is 0 Å². The number of nitrogens with one attached hydrogen (secondary N) is 1. The van der Waals surface area contributed by atoms with Crippen LogP contribution in [0.15, 0.2) is 34.8 Å². The first-order valence-electron chi connectivity index (χ1n) is 5.90. The normalized spacial score (nSPS) is 12.3. The average Bonchev–Trinajstić information content (AvgIpc) is 2.43. The summed E-state index contributed by atoms with van der Waals surface area (Å²) in [6, 6.07) is 6.72. The van der Waals surface area contributed by atoms with Crippen LogP contribution < -0.4 is 5.32 Å². The average molecular weight is 397 g/mol. The van der Waals surface area contributed by atoms with Gasteiger partial charge in [0.2, 0.25) is 0 Å². The Morgan fingerprint density at radius 2 is 1.86 bits per heavy atom. The van der Waals surface area contributed by atoms with Gasteiger partial charge in [-0.15, -0.1) is 0 Å². The Morgan fingerprint density at radius 1 is 1.14 bits per heavy atom. The van der Waals surface area contributed by atoms with E-state index in [9.17, 15) is 13.9 Å². The molecular weight excluding hydrogens is 387 g/mol. The molecule has 0 aliphatic heterocycles. The third-order valence-electron chi connectivity index (χ3n) is 2.81. The van der Waals surface area contributed by atoms with Crippen molar-refractivity contribution in [3.63, 3.8) is 0 Å². The van der Waals surface area contributed by atoms with Crippen molar-refractivity contribution in [3.8, 4) is 0 Å². The van der Waals surface area contributed by atoms with Crippen LogP contribution in [-0.4, -0.2) is 11.7 Å². The summed E-state index contributed by atoms with van der Waals surface area (Å²) in [4.78, 5) is 0. The topological polar surface area (TPSA) is 32.3 Å². The molecular formula is C14H10BrCl2F2NO. The van der Waals surface area contributed by atoms with E-state index in [0.29, 0.717) is 15.6 Å². The van der Waals surface area contributed by atoms with Crippen LogP contribution >= 0.6 is 39.1 Å². The van der Waals surface area contributed by atoms with E-state index in [2.05, 4.69) is 21.2 Å². The Kier molecular flexibility index (Phi) is 5.43. The van der Waals surface area contributed by atoms with Crippen molar-refractivity contribution in [1.29, 1.82) is 0 Å². The maximum Gasteiger partial charge on any atom is 0.149 e. The highest BCUT2D eigenvalue weighted by atomic mass is 79.9. The number of rotatable bonds is 4. The summed E-state index contributed by atoms with van der Waals surface area (Å²) in [7, 11) is 0. The molecule has 0 fully saturated rings. The SMILES string of the molecule is OC(CNc1cc(Br)c(F)cc1F)c1cc(Cl)ccc1Cl. The molecule has 0 aliphatic rings. The molecule has 21 heavy (non-hydrogen) atoms. The second-order valence-corrected chi connectivity index (χ2v) is 6.01. The minimum atomic E-state index is -0.987. The number of hydrogen-bond donors (Lipinski definition) is 2. The molecule has 7 heteroatoms. The van der Waals surface area contributed by atoms with Gasteiger partial charge in [0.15, 0.2) is 0 Å². The zero-order valence-electron chi connectivity index (χ0n) is 10.5. The van der Waals surface area contributed by atoms with E-state index in [1.165, 1.54) is 12.1 Å². The van der Waals surface area contributed by atoms with Crippen molar-refractivity contribution in [2.24, 2.45) is 0 Å². The molecule has 0 saturated heterocycles. The molecule has 112 valence electrons. The number of aliphatic hydroxyl groups is 1. The molecule has 0 radical (unpaired) electrons. The van der Waals surface area contributed by atoms with Crippen LogP contribution in [0.4, 0.5) is 14.5 Å². The first-order valence-corrected chi connectivity index (χ1v) is 7.45. The number of halogens is 5.